The highest BCUT2D eigenvalue weighted by molar-refractivity contribution is 6.42. The number of aromatic nitrogens is 3. The normalized spacial score (nSPS) is 14.4. The van der Waals surface area contributed by atoms with Crippen molar-refractivity contribution in [2.24, 2.45) is 17.4 Å². The fraction of sp³-hybridized carbons (Fsp3) is 0.312. The number of benzene rings is 1. The van der Waals surface area contributed by atoms with Gasteiger partial charge in [0.1, 0.15) is 6.04 Å². The lowest BCUT2D eigenvalue weighted by molar-refractivity contribution is -0.119. The van der Waals surface area contributed by atoms with Crippen LogP contribution in [0, 0.1) is 5.92 Å². The molecule has 0 radical (unpaired) electrons. The lowest BCUT2D eigenvalue weighted by Crippen LogP contribution is -2.36. The minimum Gasteiger partial charge on any atom is -0.368 e. The predicted molar refractivity (Wildman–Crippen MR) is 102 cm³/mol. The van der Waals surface area contributed by atoms with Gasteiger partial charge in [0.15, 0.2) is 11.5 Å². The van der Waals surface area contributed by atoms with Crippen LogP contribution in [-0.4, -0.2) is 33.0 Å². The van der Waals surface area contributed by atoms with Gasteiger partial charge < -0.3 is 22.1 Å². The van der Waals surface area contributed by atoms with Crippen molar-refractivity contribution in [3.8, 4) is 0 Å². The molecule has 1 saturated carbocycles. The number of carbonyl (C=O) groups is 2. The van der Waals surface area contributed by atoms with E-state index in [1.807, 2.05) is 0 Å². The zero-order valence-electron chi connectivity index (χ0n) is 14.1. The molecule has 142 valence electrons. The second-order valence-corrected chi connectivity index (χ2v) is 7.04. The molecular weight excluding hydrogens is 393 g/mol. The van der Waals surface area contributed by atoms with Gasteiger partial charge >= 0.3 is 0 Å². The summed E-state index contributed by atoms with van der Waals surface area (Å²) >= 11 is 11.9. The summed E-state index contributed by atoms with van der Waals surface area (Å²) in [6.07, 6.45) is 2.72. The first-order valence-corrected chi connectivity index (χ1v) is 8.91. The highest BCUT2D eigenvalue weighted by Gasteiger charge is 2.29. The standard InChI is InChI=1S/C16H17Cl2N7O2/c17-9-4-3-8(6-10(9)18)21-15-12(14(20)27)24-25-16(23-15)22-11(13(19)26)5-7-1-2-7/h3-4,6-7,11H,1-2,5H2,(H2,19,26)(H2,20,27)(H2,21,22,23,25)/t11-/m1/s1. The van der Waals surface area contributed by atoms with Gasteiger partial charge in [0, 0.05) is 5.69 Å². The van der Waals surface area contributed by atoms with Crippen molar-refractivity contribution in [1.29, 1.82) is 0 Å². The second kappa shape index (κ2) is 7.93. The Hall–Kier alpha value is -2.65. The first-order valence-electron chi connectivity index (χ1n) is 8.16. The third-order valence-corrected chi connectivity index (χ3v) is 4.75. The van der Waals surface area contributed by atoms with E-state index in [4.69, 9.17) is 34.7 Å². The van der Waals surface area contributed by atoms with Crippen molar-refractivity contribution < 1.29 is 9.59 Å². The van der Waals surface area contributed by atoms with Gasteiger partial charge in [-0.2, -0.15) is 4.98 Å². The predicted octanol–water partition coefficient (Wildman–Crippen LogP) is 2.09. The quantitative estimate of drug-likeness (QED) is 0.521. The fourth-order valence-corrected chi connectivity index (χ4v) is 2.74. The van der Waals surface area contributed by atoms with Gasteiger partial charge in [-0.1, -0.05) is 36.0 Å². The monoisotopic (exact) mass is 409 g/mol. The van der Waals surface area contributed by atoms with Crippen LogP contribution in [0.15, 0.2) is 18.2 Å². The molecule has 0 aliphatic heterocycles. The summed E-state index contributed by atoms with van der Waals surface area (Å²) in [4.78, 5) is 27.5. The average molecular weight is 410 g/mol. The van der Waals surface area contributed by atoms with Gasteiger partial charge in [0.25, 0.3) is 5.91 Å². The van der Waals surface area contributed by atoms with Crippen LogP contribution in [0.2, 0.25) is 10.0 Å². The average Bonchev–Trinajstić information content (AvgIpc) is 3.41. The minimum atomic E-state index is -0.812. The SMILES string of the molecule is NC(=O)c1nnc(N[C@H](CC2CC2)C(N)=O)nc1Nc1ccc(Cl)c(Cl)c1. The number of amides is 2. The van der Waals surface area contributed by atoms with E-state index in [9.17, 15) is 9.59 Å². The van der Waals surface area contributed by atoms with E-state index in [-0.39, 0.29) is 17.5 Å². The van der Waals surface area contributed by atoms with Crippen molar-refractivity contribution in [2.45, 2.75) is 25.3 Å². The fourth-order valence-electron chi connectivity index (χ4n) is 2.44. The molecular formula is C16H17Cl2N7O2. The Morgan fingerprint density at radius 1 is 1.19 bits per heavy atom. The van der Waals surface area contributed by atoms with Crippen LogP contribution in [0.5, 0.6) is 0 Å². The van der Waals surface area contributed by atoms with Crippen molar-refractivity contribution in [2.75, 3.05) is 10.6 Å². The molecule has 0 saturated heterocycles. The molecule has 9 nitrogen and oxygen atoms in total. The van der Waals surface area contributed by atoms with E-state index >= 15 is 0 Å². The molecule has 3 rings (SSSR count). The van der Waals surface area contributed by atoms with E-state index in [0.29, 0.717) is 28.1 Å². The van der Waals surface area contributed by atoms with Crippen LogP contribution >= 0.6 is 23.2 Å². The molecule has 1 fully saturated rings. The summed E-state index contributed by atoms with van der Waals surface area (Å²) in [5.41, 5.74) is 11.1. The minimum absolute atomic E-state index is 0.0482. The largest absolute Gasteiger partial charge is 0.368 e. The Labute approximate surface area is 164 Å². The number of carbonyl (C=O) groups excluding carboxylic acids is 2. The molecule has 0 bridgehead atoms. The van der Waals surface area contributed by atoms with Crippen molar-refractivity contribution >= 4 is 52.5 Å². The van der Waals surface area contributed by atoms with Crippen LogP contribution in [0.25, 0.3) is 0 Å². The maximum absolute atomic E-state index is 11.7. The van der Waals surface area contributed by atoms with Crippen LogP contribution in [0.1, 0.15) is 29.8 Å². The van der Waals surface area contributed by atoms with Gasteiger partial charge in [-0.15, -0.1) is 10.2 Å². The lowest BCUT2D eigenvalue weighted by Gasteiger charge is -2.16. The lowest BCUT2D eigenvalue weighted by atomic mass is 10.1. The van der Waals surface area contributed by atoms with E-state index in [2.05, 4.69) is 25.8 Å². The molecule has 11 heteroatoms. The number of anilines is 3. The molecule has 1 aliphatic rings. The summed E-state index contributed by atoms with van der Waals surface area (Å²) in [5.74, 6) is -0.751. The Morgan fingerprint density at radius 3 is 2.52 bits per heavy atom. The van der Waals surface area contributed by atoms with E-state index in [1.54, 1.807) is 18.2 Å². The summed E-state index contributed by atoms with van der Waals surface area (Å²) in [6.45, 7) is 0. The summed E-state index contributed by atoms with van der Waals surface area (Å²) in [6, 6.07) is 4.16. The molecule has 1 atom stereocenters. The Bertz CT molecular complexity index is 889. The van der Waals surface area contributed by atoms with Crippen molar-refractivity contribution in [3.63, 3.8) is 0 Å². The number of rotatable bonds is 8. The molecule has 0 spiro atoms. The number of nitrogens with two attached hydrogens (primary N) is 2. The smallest absolute Gasteiger partial charge is 0.273 e. The summed E-state index contributed by atoms with van der Waals surface area (Å²) in [5, 5.41) is 14.1. The summed E-state index contributed by atoms with van der Waals surface area (Å²) < 4.78 is 0. The van der Waals surface area contributed by atoms with Gasteiger partial charge in [-0.05, 0) is 30.5 Å². The van der Waals surface area contributed by atoms with Gasteiger partial charge in [0.2, 0.25) is 11.9 Å². The molecule has 2 amide bonds. The van der Waals surface area contributed by atoms with E-state index in [0.717, 1.165) is 12.8 Å². The number of hydrogen-bond donors (Lipinski definition) is 4. The third kappa shape index (κ3) is 4.95. The van der Waals surface area contributed by atoms with Gasteiger partial charge in [0.05, 0.1) is 10.0 Å². The molecule has 27 heavy (non-hydrogen) atoms. The van der Waals surface area contributed by atoms with Crippen LogP contribution in [0.4, 0.5) is 17.5 Å². The molecule has 2 aromatic rings. The number of nitrogens with zero attached hydrogens (tertiary/aromatic N) is 3. The molecule has 1 heterocycles. The molecule has 1 aliphatic carbocycles. The Kier molecular flexibility index (Phi) is 5.62. The number of nitrogens with one attached hydrogen (secondary N) is 2. The van der Waals surface area contributed by atoms with Crippen LogP contribution < -0.4 is 22.1 Å². The summed E-state index contributed by atoms with van der Waals surface area (Å²) in [7, 11) is 0. The maximum atomic E-state index is 11.7. The zero-order valence-corrected chi connectivity index (χ0v) is 15.6. The highest BCUT2D eigenvalue weighted by Crippen LogP contribution is 2.34. The first kappa shape index (κ1) is 19.1. The second-order valence-electron chi connectivity index (χ2n) is 6.23. The zero-order chi connectivity index (χ0) is 19.6. The van der Waals surface area contributed by atoms with Crippen molar-refractivity contribution in [1.82, 2.24) is 15.2 Å². The number of hydrogen-bond acceptors (Lipinski definition) is 7. The van der Waals surface area contributed by atoms with Crippen LogP contribution in [-0.2, 0) is 4.79 Å². The van der Waals surface area contributed by atoms with Gasteiger partial charge in [-0.25, -0.2) is 0 Å². The van der Waals surface area contributed by atoms with Crippen LogP contribution in [0.3, 0.4) is 0 Å². The topological polar surface area (TPSA) is 149 Å². The molecule has 1 aromatic heterocycles. The third-order valence-electron chi connectivity index (χ3n) is 4.02. The van der Waals surface area contributed by atoms with E-state index in [1.165, 1.54) is 0 Å². The Balaban J connectivity index is 1.86. The van der Waals surface area contributed by atoms with E-state index < -0.39 is 17.9 Å². The first-order chi connectivity index (χ1) is 12.8. The maximum Gasteiger partial charge on any atom is 0.273 e. The number of primary amides is 2. The van der Waals surface area contributed by atoms with Crippen molar-refractivity contribution in [3.05, 3.63) is 33.9 Å². The number of halogens is 2. The Morgan fingerprint density at radius 2 is 1.93 bits per heavy atom. The van der Waals surface area contributed by atoms with Gasteiger partial charge in [-0.3, -0.25) is 9.59 Å². The molecule has 6 N–H and O–H groups in total. The highest BCUT2D eigenvalue weighted by atomic mass is 35.5. The molecule has 1 aromatic carbocycles. The molecule has 0 unspecified atom stereocenters.